The molecule has 2 rings (SSSR count). The molecule has 0 aliphatic heterocycles. The predicted octanol–water partition coefficient (Wildman–Crippen LogP) is 2.64. The monoisotopic (exact) mass is 247 g/mol. The average Bonchev–Trinajstić information content (AvgIpc) is 2.78. The molecule has 0 atom stereocenters. The SMILES string of the molecule is COC(=O)Cc1ccc(-n2cccc2C)cc1F. The summed E-state index contributed by atoms with van der Waals surface area (Å²) in [5, 5.41) is 0. The number of rotatable bonds is 3. The van der Waals surface area contributed by atoms with Crippen LogP contribution in [-0.4, -0.2) is 17.6 Å². The maximum Gasteiger partial charge on any atom is 0.310 e. The van der Waals surface area contributed by atoms with Gasteiger partial charge >= 0.3 is 5.97 Å². The van der Waals surface area contributed by atoms with Crippen LogP contribution < -0.4 is 0 Å². The fourth-order valence-electron chi connectivity index (χ4n) is 1.81. The Balaban J connectivity index is 2.31. The lowest BCUT2D eigenvalue weighted by Gasteiger charge is -2.08. The minimum atomic E-state index is -0.446. The molecule has 94 valence electrons. The number of hydrogen-bond acceptors (Lipinski definition) is 2. The Morgan fingerprint density at radius 1 is 1.39 bits per heavy atom. The Kier molecular flexibility index (Phi) is 3.46. The van der Waals surface area contributed by atoms with Crippen LogP contribution in [0.15, 0.2) is 36.5 Å². The van der Waals surface area contributed by atoms with Gasteiger partial charge in [-0.25, -0.2) is 4.39 Å². The third kappa shape index (κ3) is 2.42. The third-order valence-electron chi connectivity index (χ3n) is 2.83. The van der Waals surface area contributed by atoms with E-state index in [-0.39, 0.29) is 6.42 Å². The van der Waals surface area contributed by atoms with Gasteiger partial charge in [0, 0.05) is 17.6 Å². The Bertz CT molecular complexity index is 575. The quantitative estimate of drug-likeness (QED) is 0.781. The second-order valence-electron chi connectivity index (χ2n) is 4.05. The lowest BCUT2D eigenvalue weighted by molar-refractivity contribution is -0.139. The summed E-state index contributed by atoms with van der Waals surface area (Å²) in [6.07, 6.45) is 1.82. The minimum Gasteiger partial charge on any atom is -0.469 e. The Hall–Kier alpha value is -2.10. The first-order valence-electron chi connectivity index (χ1n) is 5.61. The number of carbonyl (C=O) groups excluding carboxylic acids is 1. The van der Waals surface area contributed by atoms with E-state index >= 15 is 0 Å². The van der Waals surface area contributed by atoms with E-state index in [9.17, 15) is 9.18 Å². The second kappa shape index (κ2) is 5.04. The van der Waals surface area contributed by atoms with Gasteiger partial charge in [-0.05, 0) is 36.8 Å². The molecule has 0 N–H and O–H groups in total. The van der Waals surface area contributed by atoms with Crippen LogP contribution in [-0.2, 0) is 16.0 Å². The molecule has 0 saturated heterocycles. The van der Waals surface area contributed by atoms with Crippen LogP contribution in [0, 0.1) is 12.7 Å². The summed E-state index contributed by atoms with van der Waals surface area (Å²) in [7, 11) is 1.29. The summed E-state index contributed by atoms with van der Waals surface area (Å²) in [5.41, 5.74) is 2.11. The van der Waals surface area contributed by atoms with E-state index in [0.717, 1.165) is 11.4 Å². The van der Waals surface area contributed by atoms with Crippen LogP contribution in [0.4, 0.5) is 4.39 Å². The van der Waals surface area contributed by atoms with E-state index in [0.29, 0.717) is 5.56 Å². The van der Waals surface area contributed by atoms with Gasteiger partial charge in [0.05, 0.1) is 13.5 Å². The van der Waals surface area contributed by atoms with Crippen molar-refractivity contribution in [3.63, 3.8) is 0 Å². The highest BCUT2D eigenvalue weighted by Crippen LogP contribution is 2.17. The van der Waals surface area contributed by atoms with E-state index in [4.69, 9.17) is 0 Å². The summed E-state index contributed by atoms with van der Waals surface area (Å²) < 4.78 is 20.2. The molecule has 0 spiro atoms. The van der Waals surface area contributed by atoms with Crippen molar-refractivity contribution in [2.45, 2.75) is 13.3 Å². The summed E-state index contributed by atoms with van der Waals surface area (Å²) >= 11 is 0. The number of ether oxygens (including phenoxy) is 1. The molecule has 0 fully saturated rings. The lowest BCUT2D eigenvalue weighted by atomic mass is 10.1. The topological polar surface area (TPSA) is 31.2 Å². The summed E-state index contributed by atoms with van der Waals surface area (Å²) in [4.78, 5) is 11.1. The smallest absolute Gasteiger partial charge is 0.310 e. The van der Waals surface area contributed by atoms with Gasteiger partial charge < -0.3 is 9.30 Å². The fraction of sp³-hybridized carbons (Fsp3) is 0.214. The van der Waals surface area contributed by atoms with Gasteiger partial charge in [0.2, 0.25) is 0 Å². The van der Waals surface area contributed by atoms with E-state index in [2.05, 4.69) is 4.74 Å². The predicted molar refractivity (Wildman–Crippen MR) is 66.2 cm³/mol. The van der Waals surface area contributed by atoms with Gasteiger partial charge in [0.25, 0.3) is 0 Å². The van der Waals surface area contributed by atoms with Crippen molar-refractivity contribution in [1.82, 2.24) is 4.57 Å². The first kappa shape index (κ1) is 12.4. The number of esters is 1. The van der Waals surface area contributed by atoms with Gasteiger partial charge in [0.15, 0.2) is 0 Å². The van der Waals surface area contributed by atoms with Gasteiger partial charge in [0.1, 0.15) is 5.82 Å². The summed E-state index contributed by atoms with van der Waals surface area (Å²) in [5.74, 6) is -0.843. The number of methoxy groups -OCH3 is 1. The molecule has 4 heteroatoms. The highest BCUT2D eigenvalue weighted by atomic mass is 19.1. The van der Waals surface area contributed by atoms with Gasteiger partial charge in [-0.1, -0.05) is 6.07 Å². The minimum absolute atomic E-state index is 0.0483. The number of nitrogens with zero attached hydrogens (tertiary/aromatic N) is 1. The largest absolute Gasteiger partial charge is 0.469 e. The molecule has 0 bridgehead atoms. The molecule has 0 aliphatic rings. The summed E-state index contributed by atoms with van der Waals surface area (Å²) in [6, 6.07) is 8.66. The van der Waals surface area contributed by atoms with Crippen molar-refractivity contribution in [2.24, 2.45) is 0 Å². The molecular weight excluding hydrogens is 233 g/mol. The number of aryl methyl sites for hydroxylation is 1. The molecule has 1 aromatic carbocycles. The molecular formula is C14H14FNO2. The molecule has 2 aromatic rings. The van der Waals surface area contributed by atoms with Crippen LogP contribution in [0.25, 0.3) is 5.69 Å². The molecule has 1 aromatic heterocycles. The zero-order valence-electron chi connectivity index (χ0n) is 10.3. The Labute approximate surface area is 105 Å². The number of halogens is 1. The zero-order chi connectivity index (χ0) is 13.1. The van der Waals surface area contributed by atoms with Crippen molar-refractivity contribution in [3.8, 4) is 5.69 Å². The molecule has 18 heavy (non-hydrogen) atoms. The molecule has 1 heterocycles. The van der Waals surface area contributed by atoms with Crippen molar-refractivity contribution in [1.29, 1.82) is 0 Å². The van der Waals surface area contributed by atoms with Crippen molar-refractivity contribution < 1.29 is 13.9 Å². The van der Waals surface area contributed by atoms with Crippen LogP contribution in [0.2, 0.25) is 0 Å². The van der Waals surface area contributed by atoms with Crippen LogP contribution in [0.5, 0.6) is 0 Å². The summed E-state index contributed by atoms with van der Waals surface area (Å²) in [6.45, 7) is 1.94. The molecule has 0 aliphatic carbocycles. The van der Waals surface area contributed by atoms with E-state index in [1.807, 2.05) is 29.8 Å². The number of hydrogen-bond donors (Lipinski definition) is 0. The third-order valence-corrected chi connectivity index (χ3v) is 2.83. The van der Waals surface area contributed by atoms with E-state index in [1.165, 1.54) is 13.2 Å². The highest BCUT2D eigenvalue weighted by molar-refractivity contribution is 5.72. The van der Waals surface area contributed by atoms with E-state index in [1.54, 1.807) is 12.1 Å². The first-order valence-corrected chi connectivity index (χ1v) is 5.61. The number of benzene rings is 1. The van der Waals surface area contributed by atoms with Gasteiger partial charge in [-0.15, -0.1) is 0 Å². The molecule has 0 amide bonds. The standard InChI is InChI=1S/C14H14FNO2/c1-10-4-3-7-16(10)12-6-5-11(13(15)9-12)8-14(17)18-2/h3-7,9H,8H2,1-2H3. The van der Waals surface area contributed by atoms with Gasteiger partial charge in [-0.3, -0.25) is 4.79 Å². The highest BCUT2D eigenvalue weighted by Gasteiger charge is 2.10. The van der Waals surface area contributed by atoms with Crippen LogP contribution in [0.3, 0.4) is 0 Å². The fourth-order valence-corrected chi connectivity index (χ4v) is 1.81. The van der Waals surface area contributed by atoms with Crippen LogP contribution >= 0.6 is 0 Å². The first-order chi connectivity index (χ1) is 8.61. The Morgan fingerprint density at radius 2 is 2.17 bits per heavy atom. The van der Waals surface area contributed by atoms with Gasteiger partial charge in [-0.2, -0.15) is 0 Å². The zero-order valence-corrected chi connectivity index (χ0v) is 10.3. The molecule has 3 nitrogen and oxygen atoms in total. The van der Waals surface area contributed by atoms with Crippen LogP contribution in [0.1, 0.15) is 11.3 Å². The lowest BCUT2D eigenvalue weighted by Crippen LogP contribution is -2.07. The maximum absolute atomic E-state index is 13.8. The number of aromatic nitrogens is 1. The van der Waals surface area contributed by atoms with Crippen molar-refractivity contribution in [2.75, 3.05) is 7.11 Å². The Morgan fingerprint density at radius 3 is 2.72 bits per heavy atom. The van der Waals surface area contributed by atoms with E-state index < -0.39 is 11.8 Å². The van der Waals surface area contributed by atoms with Crippen molar-refractivity contribution in [3.05, 3.63) is 53.6 Å². The van der Waals surface area contributed by atoms with Crippen molar-refractivity contribution >= 4 is 5.97 Å². The number of carbonyl (C=O) groups is 1. The molecule has 0 unspecified atom stereocenters. The maximum atomic E-state index is 13.8. The normalized spacial score (nSPS) is 10.4. The molecule has 0 saturated carbocycles. The average molecular weight is 247 g/mol. The molecule has 0 radical (unpaired) electrons. The second-order valence-corrected chi connectivity index (χ2v) is 4.05.